The van der Waals surface area contributed by atoms with Crippen molar-refractivity contribution in [1.29, 1.82) is 0 Å². The molecule has 0 radical (unpaired) electrons. The Balaban J connectivity index is 1.35. The highest BCUT2D eigenvalue weighted by atomic mass is 35.5. The monoisotopic (exact) mass is 440 g/mol. The molecule has 3 aliphatic rings. The number of hydrogen-bond acceptors (Lipinski definition) is 4. The van der Waals surface area contributed by atoms with Crippen LogP contribution in [-0.4, -0.2) is 80.2 Å². The molecule has 7 nitrogen and oxygen atoms in total. The molecule has 1 amide bonds. The van der Waals surface area contributed by atoms with Gasteiger partial charge in [0.05, 0.1) is 5.92 Å². The minimum atomic E-state index is -3.43. The molecule has 0 N–H and O–H groups in total. The van der Waals surface area contributed by atoms with Gasteiger partial charge < -0.3 is 9.80 Å². The SMILES string of the molecule is O=C(C1CCCN(S(=O)(=O)N2CCCC2)C1)N1CCN(c2cccc(Cl)c2)CC1. The van der Waals surface area contributed by atoms with Gasteiger partial charge >= 0.3 is 0 Å². The Morgan fingerprint density at radius 2 is 1.62 bits per heavy atom. The molecule has 3 saturated heterocycles. The molecule has 0 saturated carbocycles. The Morgan fingerprint density at radius 3 is 2.31 bits per heavy atom. The van der Waals surface area contributed by atoms with Gasteiger partial charge in [0.1, 0.15) is 0 Å². The predicted molar refractivity (Wildman–Crippen MR) is 114 cm³/mol. The van der Waals surface area contributed by atoms with Crippen molar-refractivity contribution in [2.24, 2.45) is 5.92 Å². The zero-order chi connectivity index (χ0) is 20.4. The van der Waals surface area contributed by atoms with Crippen molar-refractivity contribution in [3.8, 4) is 0 Å². The highest BCUT2D eigenvalue weighted by molar-refractivity contribution is 7.86. The van der Waals surface area contributed by atoms with Gasteiger partial charge in [0.25, 0.3) is 10.2 Å². The van der Waals surface area contributed by atoms with Gasteiger partial charge in [-0.3, -0.25) is 4.79 Å². The van der Waals surface area contributed by atoms with Crippen LogP contribution in [0.4, 0.5) is 5.69 Å². The summed E-state index contributed by atoms with van der Waals surface area (Å²) in [6, 6.07) is 7.77. The standard InChI is InChI=1S/C20H29ClN4O3S/c21-18-6-3-7-19(15-18)22-11-13-23(14-12-22)20(26)17-5-4-10-25(16-17)29(27,28)24-8-1-2-9-24/h3,6-7,15,17H,1-2,4-5,8-14,16H2. The lowest BCUT2D eigenvalue weighted by Gasteiger charge is -2.40. The number of nitrogens with zero attached hydrogens (tertiary/aromatic N) is 4. The summed E-state index contributed by atoms with van der Waals surface area (Å²) in [5, 5.41) is 0.711. The molecule has 1 unspecified atom stereocenters. The fourth-order valence-corrected chi connectivity index (χ4v) is 6.51. The Kier molecular flexibility index (Phi) is 6.34. The molecule has 0 bridgehead atoms. The minimum Gasteiger partial charge on any atom is -0.368 e. The van der Waals surface area contributed by atoms with Gasteiger partial charge in [-0.1, -0.05) is 17.7 Å². The maximum absolute atomic E-state index is 13.1. The lowest BCUT2D eigenvalue weighted by atomic mass is 9.97. The lowest BCUT2D eigenvalue weighted by molar-refractivity contribution is -0.137. The largest absolute Gasteiger partial charge is 0.368 e. The number of halogens is 1. The molecule has 3 fully saturated rings. The van der Waals surface area contributed by atoms with E-state index in [1.54, 1.807) is 4.31 Å². The summed E-state index contributed by atoms with van der Waals surface area (Å²) >= 11 is 6.09. The van der Waals surface area contributed by atoms with E-state index in [0.717, 1.165) is 44.5 Å². The van der Waals surface area contributed by atoms with E-state index in [1.807, 2.05) is 29.2 Å². The van der Waals surface area contributed by atoms with Crippen LogP contribution in [0.3, 0.4) is 0 Å². The second-order valence-corrected chi connectivity index (χ2v) is 10.5. The number of amides is 1. The Bertz CT molecular complexity index is 836. The highest BCUT2D eigenvalue weighted by Gasteiger charge is 2.38. The zero-order valence-electron chi connectivity index (χ0n) is 16.7. The van der Waals surface area contributed by atoms with E-state index >= 15 is 0 Å². The molecule has 160 valence electrons. The third-order valence-corrected chi connectivity index (χ3v) is 8.45. The summed E-state index contributed by atoms with van der Waals surface area (Å²) in [6.07, 6.45) is 3.35. The van der Waals surface area contributed by atoms with Crippen LogP contribution in [0.25, 0.3) is 0 Å². The zero-order valence-corrected chi connectivity index (χ0v) is 18.2. The van der Waals surface area contributed by atoms with E-state index in [4.69, 9.17) is 11.6 Å². The van der Waals surface area contributed by atoms with Crippen molar-refractivity contribution >= 4 is 33.4 Å². The average molecular weight is 441 g/mol. The summed E-state index contributed by atoms with van der Waals surface area (Å²) in [6.45, 7) is 4.85. The summed E-state index contributed by atoms with van der Waals surface area (Å²) in [5.41, 5.74) is 1.07. The van der Waals surface area contributed by atoms with Crippen LogP contribution in [0, 0.1) is 5.92 Å². The van der Waals surface area contributed by atoms with Crippen LogP contribution in [0.1, 0.15) is 25.7 Å². The lowest BCUT2D eigenvalue weighted by Crippen LogP contribution is -2.54. The molecule has 1 atom stereocenters. The number of hydrogen-bond donors (Lipinski definition) is 0. The molecule has 3 aliphatic heterocycles. The molecule has 9 heteroatoms. The van der Waals surface area contributed by atoms with Crippen molar-refractivity contribution in [2.45, 2.75) is 25.7 Å². The Morgan fingerprint density at radius 1 is 0.931 bits per heavy atom. The van der Waals surface area contributed by atoms with E-state index in [1.165, 1.54) is 4.31 Å². The van der Waals surface area contributed by atoms with E-state index in [-0.39, 0.29) is 11.8 Å². The van der Waals surface area contributed by atoms with Gasteiger partial charge in [-0.2, -0.15) is 17.0 Å². The summed E-state index contributed by atoms with van der Waals surface area (Å²) in [5.74, 6) is -0.143. The number of benzene rings is 1. The first-order valence-electron chi connectivity index (χ1n) is 10.5. The molecule has 1 aromatic rings. The number of piperazine rings is 1. The number of piperidine rings is 1. The fraction of sp³-hybridized carbons (Fsp3) is 0.650. The van der Waals surface area contributed by atoms with Crippen LogP contribution in [0.2, 0.25) is 5.02 Å². The third kappa shape index (κ3) is 4.55. The number of carbonyl (C=O) groups is 1. The quantitative estimate of drug-likeness (QED) is 0.718. The van der Waals surface area contributed by atoms with Gasteiger partial charge in [-0.05, 0) is 43.9 Å². The van der Waals surface area contributed by atoms with Crippen LogP contribution in [0.15, 0.2) is 24.3 Å². The van der Waals surface area contributed by atoms with Gasteiger partial charge in [0, 0.05) is 63.1 Å². The first-order chi connectivity index (χ1) is 13.9. The van der Waals surface area contributed by atoms with Crippen LogP contribution >= 0.6 is 11.6 Å². The van der Waals surface area contributed by atoms with Gasteiger partial charge in [-0.25, -0.2) is 0 Å². The predicted octanol–water partition coefficient (Wildman–Crippen LogP) is 2.04. The molecule has 0 aliphatic carbocycles. The summed E-state index contributed by atoms with van der Waals surface area (Å²) in [7, 11) is -3.43. The van der Waals surface area contributed by atoms with Gasteiger partial charge in [-0.15, -0.1) is 0 Å². The number of carbonyl (C=O) groups excluding carboxylic acids is 1. The third-order valence-electron chi connectivity index (χ3n) is 6.22. The molecule has 0 aromatic heterocycles. The molecule has 3 heterocycles. The van der Waals surface area contributed by atoms with Gasteiger partial charge in [0.2, 0.25) is 5.91 Å². The second-order valence-electron chi connectivity index (χ2n) is 8.10. The van der Waals surface area contributed by atoms with Crippen LogP contribution in [0.5, 0.6) is 0 Å². The molecule has 4 rings (SSSR count). The van der Waals surface area contributed by atoms with E-state index in [0.29, 0.717) is 44.3 Å². The topological polar surface area (TPSA) is 64.2 Å². The van der Waals surface area contributed by atoms with Crippen LogP contribution in [-0.2, 0) is 15.0 Å². The van der Waals surface area contributed by atoms with E-state index in [9.17, 15) is 13.2 Å². The molecule has 29 heavy (non-hydrogen) atoms. The number of rotatable bonds is 4. The maximum atomic E-state index is 13.1. The van der Waals surface area contributed by atoms with Crippen molar-refractivity contribution in [2.75, 3.05) is 57.3 Å². The molecule has 0 spiro atoms. The highest BCUT2D eigenvalue weighted by Crippen LogP contribution is 2.26. The number of anilines is 1. The van der Waals surface area contributed by atoms with Crippen molar-refractivity contribution < 1.29 is 13.2 Å². The van der Waals surface area contributed by atoms with Crippen molar-refractivity contribution in [3.63, 3.8) is 0 Å². The summed E-state index contributed by atoms with van der Waals surface area (Å²) in [4.78, 5) is 17.2. The Hall–Kier alpha value is -1.35. The molecular formula is C20H29ClN4O3S. The minimum absolute atomic E-state index is 0.0945. The first-order valence-corrected chi connectivity index (χ1v) is 12.3. The summed E-state index contributed by atoms with van der Waals surface area (Å²) < 4.78 is 28.8. The first kappa shape index (κ1) is 20.9. The smallest absolute Gasteiger partial charge is 0.281 e. The fourth-order valence-electron chi connectivity index (χ4n) is 4.55. The second kappa shape index (κ2) is 8.79. The maximum Gasteiger partial charge on any atom is 0.281 e. The normalized spacial score (nSPS) is 24.8. The van der Waals surface area contributed by atoms with Gasteiger partial charge in [0.15, 0.2) is 0 Å². The van der Waals surface area contributed by atoms with E-state index < -0.39 is 10.2 Å². The molecule has 1 aromatic carbocycles. The van der Waals surface area contributed by atoms with E-state index in [2.05, 4.69) is 4.90 Å². The van der Waals surface area contributed by atoms with Crippen LogP contribution < -0.4 is 4.90 Å². The average Bonchev–Trinajstić information content (AvgIpc) is 3.29. The Labute approximate surface area is 178 Å². The molecular weight excluding hydrogens is 412 g/mol. The van der Waals surface area contributed by atoms with Crippen molar-refractivity contribution in [3.05, 3.63) is 29.3 Å². The van der Waals surface area contributed by atoms with Crippen molar-refractivity contribution in [1.82, 2.24) is 13.5 Å².